The summed E-state index contributed by atoms with van der Waals surface area (Å²) in [6.07, 6.45) is 5.44. The fourth-order valence-electron chi connectivity index (χ4n) is 4.00. The van der Waals surface area contributed by atoms with E-state index >= 15 is 0 Å². The van der Waals surface area contributed by atoms with Gasteiger partial charge in [0, 0.05) is 17.1 Å². The van der Waals surface area contributed by atoms with E-state index in [0.29, 0.717) is 29.0 Å². The first kappa shape index (κ1) is 16.3. The summed E-state index contributed by atoms with van der Waals surface area (Å²) < 4.78 is 5.13. The summed E-state index contributed by atoms with van der Waals surface area (Å²) >= 11 is 5.88. The highest BCUT2D eigenvalue weighted by molar-refractivity contribution is 6.30. The lowest BCUT2D eigenvalue weighted by Crippen LogP contribution is -2.23. The Kier molecular flexibility index (Phi) is 4.90. The average Bonchev–Trinajstić information content (AvgIpc) is 3.11. The van der Waals surface area contributed by atoms with Gasteiger partial charge in [-0.25, -0.2) is 0 Å². The molecule has 0 heterocycles. The number of hydrogen-bond acceptors (Lipinski definition) is 3. The molecule has 2 aliphatic carbocycles. The van der Waals surface area contributed by atoms with E-state index in [1.165, 1.54) is 19.3 Å². The first-order valence-electron chi connectivity index (χ1n) is 8.23. The van der Waals surface area contributed by atoms with E-state index in [1.807, 2.05) is 6.92 Å². The van der Waals surface area contributed by atoms with E-state index in [0.717, 1.165) is 17.9 Å². The van der Waals surface area contributed by atoms with Crippen molar-refractivity contribution in [2.24, 2.45) is 17.8 Å². The lowest BCUT2D eigenvalue weighted by molar-refractivity contribution is -0.148. The molecule has 2 saturated carbocycles. The van der Waals surface area contributed by atoms with Crippen LogP contribution in [0.25, 0.3) is 0 Å². The van der Waals surface area contributed by atoms with Crippen LogP contribution in [0, 0.1) is 24.7 Å². The van der Waals surface area contributed by atoms with Crippen LogP contribution in [0.5, 0.6) is 0 Å². The van der Waals surface area contributed by atoms with Gasteiger partial charge in [-0.1, -0.05) is 18.0 Å². The largest absolute Gasteiger partial charge is 0.456 e. The zero-order valence-corrected chi connectivity index (χ0v) is 14.1. The van der Waals surface area contributed by atoms with Gasteiger partial charge in [-0.3, -0.25) is 9.59 Å². The third-order valence-corrected chi connectivity index (χ3v) is 5.38. The van der Waals surface area contributed by atoms with Crippen molar-refractivity contribution in [3.8, 4) is 0 Å². The highest BCUT2D eigenvalue weighted by Crippen LogP contribution is 2.49. The van der Waals surface area contributed by atoms with Crippen molar-refractivity contribution >= 4 is 29.2 Å². The smallest absolute Gasteiger partial charge is 0.306 e. The second kappa shape index (κ2) is 6.91. The van der Waals surface area contributed by atoms with Crippen LogP contribution < -0.4 is 5.32 Å². The number of carbonyl (C=O) groups excluding carboxylic acids is 2. The molecule has 0 aromatic heterocycles. The van der Waals surface area contributed by atoms with E-state index in [1.54, 1.807) is 18.2 Å². The number of ether oxygens (including phenoxy) is 1. The molecule has 3 atom stereocenters. The number of benzene rings is 1. The first-order valence-corrected chi connectivity index (χ1v) is 8.60. The molecule has 0 radical (unpaired) electrons. The number of esters is 1. The number of fused-ring (bicyclic) bond motifs is 2. The molecule has 0 unspecified atom stereocenters. The Hall–Kier alpha value is -1.55. The van der Waals surface area contributed by atoms with E-state index in [2.05, 4.69) is 5.32 Å². The molecule has 1 aromatic rings. The summed E-state index contributed by atoms with van der Waals surface area (Å²) in [6.45, 7) is 1.63. The van der Waals surface area contributed by atoms with E-state index in [4.69, 9.17) is 16.3 Å². The minimum atomic E-state index is -0.322. The zero-order valence-electron chi connectivity index (χ0n) is 13.3. The SMILES string of the molecule is Cc1cc(Cl)ccc1NC(=O)COC(=O)C[C@H]1C[C@@H]2CC[C@@H]1C2. The maximum atomic E-state index is 11.9. The first-order chi connectivity index (χ1) is 11.0. The Morgan fingerprint density at radius 1 is 1.30 bits per heavy atom. The quantitative estimate of drug-likeness (QED) is 0.829. The van der Waals surface area contributed by atoms with Gasteiger partial charge in [0.15, 0.2) is 6.61 Å². The van der Waals surface area contributed by atoms with Crippen LogP contribution in [-0.4, -0.2) is 18.5 Å². The summed E-state index contributed by atoms with van der Waals surface area (Å²) in [4.78, 5) is 23.8. The summed E-state index contributed by atoms with van der Waals surface area (Å²) in [5, 5.41) is 3.36. The zero-order chi connectivity index (χ0) is 16.4. The molecule has 3 rings (SSSR count). The molecule has 1 aromatic carbocycles. The van der Waals surface area contributed by atoms with Crippen molar-refractivity contribution in [2.45, 2.75) is 39.0 Å². The van der Waals surface area contributed by atoms with E-state index < -0.39 is 0 Å². The molecule has 0 saturated heterocycles. The number of aryl methyl sites for hydroxylation is 1. The fourth-order valence-corrected chi connectivity index (χ4v) is 4.23. The summed E-state index contributed by atoms with van der Waals surface area (Å²) in [6, 6.07) is 5.23. The maximum absolute atomic E-state index is 11.9. The number of halogens is 1. The molecule has 4 nitrogen and oxygen atoms in total. The Morgan fingerprint density at radius 2 is 2.13 bits per heavy atom. The Bertz CT molecular complexity index is 616. The minimum absolute atomic E-state index is 0.234. The van der Waals surface area contributed by atoms with Crippen molar-refractivity contribution in [1.82, 2.24) is 0 Å². The molecular formula is C18H22ClNO3. The molecule has 1 amide bonds. The molecule has 5 heteroatoms. The number of amides is 1. The van der Waals surface area contributed by atoms with Crippen molar-refractivity contribution in [1.29, 1.82) is 0 Å². The molecule has 2 aliphatic rings. The highest BCUT2D eigenvalue weighted by Gasteiger charge is 2.40. The van der Waals surface area contributed by atoms with Crippen LogP contribution in [0.1, 0.15) is 37.7 Å². The standard InChI is InChI=1S/C18H22ClNO3/c1-11-6-15(19)4-5-16(11)20-17(21)10-23-18(22)9-14-8-12-2-3-13(14)7-12/h4-6,12-14H,2-3,7-10H2,1H3,(H,20,21)/t12-,13-,14-/m1/s1. The molecule has 23 heavy (non-hydrogen) atoms. The van der Waals surface area contributed by atoms with Gasteiger partial charge in [0.2, 0.25) is 0 Å². The van der Waals surface area contributed by atoms with Crippen LogP contribution >= 0.6 is 11.6 Å². The predicted molar refractivity (Wildman–Crippen MR) is 89.3 cm³/mol. The fraction of sp³-hybridized carbons (Fsp3) is 0.556. The van der Waals surface area contributed by atoms with Crippen molar-refractivity contribution in [3.05, 3.63) is 28.8 Å². The minimum Gasteiger partial charge on any atom is -0.456 e. The Morgan fingerprint density at radius 3 is 2.78 bits per heavy atom. The summed E-state index contributed by atoms with van der Waals surface area (Å²) in [5.41, 5.74) is 1.56. The summed E-state index contributed by atoms with van der Waals surface area (Å²) in [7, 11) is 0. The topological polar surface area (TPSA) is 55.4 Å². The molecule has 2 fully saturated rings. The maximum Gasteiger partial charge on any atom is 0.306 e. The number of rotatable bonds is 5. The average molecular weight is 336 g/mol. The van der Waals surface area contributed by atoms with Gasteiger partial charge >= 0.3 is 5.97 Å². The van der Waals surface area contributed by atoms with Crippen LogP contribution in [-0.2, 0) is 14.3 Å². The second-order valence-corrected chi connectivity index (χ2v) is 7.24. The van der Waals surface area contributed by atoms with E-state index in [-0.39, 0.29) is 18.5 Å². The van der Waals surface area contributed by atoms with Crippen LogP contribution in [0.3, 0.4) is 0 Å². The molecule has 0 aliphatic heterocycles. The van der Waals surface area contributed by atoms with Gasteiger partial charge in [0.25, 0.3) is 5.91 Å². The monoisotopic (exact) mass is 335 g/mol. The van der Waals surface area contributed by atoms with E-state index in [9.17, 15) is 9.59 Å². The molecule has 1 N–H and O–H groups in total. The van der Waals surface area contributed by atoms with Gasteiger partial charge in [-0.15, -0.1) is 0 Å². The molecule has 2 bridgehead atoms. The molecule has 0 spiro atoms. The lowest BCUT2D eigenvalue weighted by atomic mass is 9.86. The predicted octanol–water partition coefficient (Wildman–Crippen LogP) is 3.96. The van der Waals surface area contributed by atoms with Gasteiger partial charge in [-0.2, -0.15) is 0 Å². The third kappa shape index (κ3) is 4.05. The van der Waals surface area contributed by atoms with Crippen molar-refractivity contribution < 1.29 is 14.3 Å². The molecular weight excluding hydrogens is 314 g/mol. The van der Waals surface area contributed by atoms with Crippen molar-refractivity contribution in [2.75, 3.05) is 11.9 Å². The van der Waals surface area contributed by atoms with Crippen LogP contribution in [0.15, 0.2) is 18.2 Å². The van der Waals surface area contributed by atoms with Gasteiger partial charge in [0.05, 0.1) is 0 Å². The number of carbonyl (C=O) groups is 2. The highest BCUT2D eigenvalue weighted by atomic mass is 35.5. The second-order valence-electron chi connectivity index (χ2n) is 6.81. The Labute approximate surface area is 141 Å². The van der Waals surface area contributed by atoms with Gasteiger partial charge < -0.3 is 10.1 Å². The van der Waals surface area contributed by atoms with Crippen LogP contribution in [0.4, 0.5) is 5.69 Å². The number of anilines is 1. The van der Waals surface area contributed by atoms with Gasteiger partial charge in [-0.05, 0) is 67.7 Å². The third-order valence-electron chi connectivity index (χ3n) is 5.14. The Balaban J connectivity index is 1.42. The normalized spacial score (nSPS) is 25.4. The van der Waals surface area contributed by atoms with Gasteiger partial charge in [0.1, 0.15) is 0 Å². The number of nitrogens with one attached hydrogen (secondary N) is 1. The van der Waals surface area contributed by atoms with Crippen molar-refractivity contribution in [3.63, 3.8) is 0 Å². The number of hydrogen-bond donors (Lipinski definition) is 1. The van der Waals surface area contributed by atoms with Crippen LogP contribution in [0.2, 0.25) is 5.02 Å². The molecule has 124 valence electrons. The lowest BCUT2D eigenvalue weighted by Gasteiger charge is -2.20. The summed E-state index contributed by atoms with van der Waals surface area (Å²) in [5.74, 6) is 1.39.